The number of benzene rings is 2. The van der Waals surface area contributed by atoms with Crippen LogP contribution < -0.4 is 0 Å². The second-order valence-corrected chi connectivity index (χ2v) is 7.47. The minimum absolute atomic E-state index is 0.0295. The lowest BCUT2D eigenvalue weighted by Gasteiger charge is -2.06. The zero-order chi connectivity index (χ0) is 18.1. The SMILES string of the molecule is CCCCc1oc2cc(F)ccc2c1C(=O)c1cc(Br)c(O)c(Br)c1. The molecule has 0 aliphatic heterocycles. The molecule has 0 spiro atoms. The minimum atomic E-state index is -0.405. The molecule has 0 saturated carbocycles. The van der Waals surface area contributed by atoms with Crippen molar-refractivity contribution in [3.05, 3.63) is 62.0 Å². The normalized spacial score (nSPS) is 11.2. The summed E-state index contributed by atoms with van der Waals surface area (Å²) in [5.41, 5.74) is 1.22. The van der Waals surface area contributed by atoms with Crippen molar-refractivity contribution in [3.63, 3.8) is 0 Å². The van der Waals surface area contributed by atoms with Gasteiger partial charge in [0, 0.05) is 23.4 Å². The van der Waals surface area contributed by atoms with Gasteiger partial charge in [0.1, 0.15) is 22.9 Å². The number of halogens is 3. The number of fused-ring (bicyclic) bond motifs is 1. The van der Waals surface area contributed by atoms with Gasteiger partial charge in [0.05, 0.1) is 14.5 Å². The molecule has 2 aromatic carbocycles. The molecule has 0 atom stereocenters. The van der Waals surface area contributed by atoms with Gasteiger partial charge in [-0.3, -0.25) is 4.79 Å². The Morgan fingerprint density at radius 2 is 1.88 bits per heavy atom. The fourth-order valence-corrected chi connectivity index (χ4v) is 3.91. The van der Waals surface area contributed by atoms with Crippen molar-refractivity contribution in [3.8, 4) is 5.75 Å². The van der Waals surface area contributed by atoms with Crippen LogP contribution in [0.15, 0.2) is 43.7 Å². The fourth-order valence-electron chi connectivity index (χ4n) is 2.72. The average Bonchev–Trinajstić information content (AvgIpc) is 2.93. The van der Waals surface area contributed by atoms with E-state index in [0.717, 1.165) is 12.8 Å². The van der Waals surface area contributed by atoms with Crippen LogP contribution in [0.5, 0.6) is 5.75 Å². The van der Waals surface area contributed by atoms with Gasteiger partial charge in [-0.1, -0.05) is 13.3 Å². The van der Waals surface area contributed by atoms with Crippen molar-refractivity contribution in [1.29, 1.82) is 0 Å². The third kappa shape index (κ3) is 3.51. The molecule has 1 N–H and O–H groups in total. The van der Waals surface area contributed by atoms with Crippen molar-refractivity contribution < 1.29 is 18.7 Å². The summed E-state index contributed by atoms with van der Waals surface area (Å²) in [4.78, 5) is 13.1. The number of phenolic OH excluding ortho intramolecular Hbond substituents is 1. The maximum atomic E-state index is 13.5. The molecule has 6 heteroatoms. The summed E-state index contributed by atoms with van der Waals surface area (Å²) < 4.78 is 20.1. The van der Waals surface area contributed by atoms with Crippen molar-refractivity contribution in [1.82, 2.24) is 0 Å². The summed E-state index contributed by atoms with van der Waals surface area (Å²) in [7, 11) is 0. The zero-order valence-corrected chi connectivity index (χ0v) is 16.6. The molecule has 0 bridgehead atoms. The molecular formula is C19H15Br2FO3. The van der Waals surface area contributed by atoms with E-state index in [1.807, 2.05) is 0 Å². The Hall–Kier alpha value is -1.66. The molecule has 3 nitrogen and oxygen atoms in total. The summed E-state index contributed by atoms with van der Waals surface area (Å²) in [6.07, 6.45) is 2.43. The Balaban J connectivity index is 2.17. The lowest BCUT2D eigenvalue weighted by atomic mass is 9.98. The predicted molar refractivity (Wildman–Crippen MR) is 102 cm³/mol. The lowest BCUT2D eigenvalue weighted by Crippen LogP contribution is -2.04. The van der Waals surface area contributed by atoms with E-state index >= 15 is 0 Å². The van der Waals surface area contributed by atoms with Crippen LogP contribution >= 0.6 is 31.9 Å². The highest BCUT2D eigenvalue weighted by molar-refractivity contribution is 9.11. The summed E-state index contributed by atoms with van der Waals surface area (Å²) >= 11 is 6.49. The standard InChI is InChI=1S/C19H15Br2FO3/c1-2-3-4-15-17(12-6-5-11(22)9-16(12)25-15)18(23)10-7-13(20)19(24)14(21)8-10/h5-9,24H,2-4H2,1H3. The summed E-state index contributed by atoms with van der Waals surface area (Å²) in [6.45, 7) is 2.05. The van der Waals surface area contributed by atoms with E-state index in [4.69, 9.17) is 4.42 Å². The molecule has 3 rings (SSSR count). The highest BCUT2D eigenvalue weighted by Crippen LogP contribution is 2.36. The second kappa shape index (κ2) is 7.30. The zero-order valence-electron chi connectivity index (χ0n) is 13.4. The molecular weight excluding hydrogens is 455 g/mol. The van der Waals surface area contributed by atoms with Crippen LogP contribution in [-0.4, -0.2) is 10.9 Å². The largest absolute Gasteiger partial charge is 0.506 e. The van der Waals surface area contributed by atoms with Crippen LogP contribution in [0.3, 0.4) is 0 Å². The molecule has 130 valence electrons. The van der Waals surface area contributed by atoms with Gasteiger partial charge in [-0.2, -0.15) is 0 Å². The minimum Gasteiger partial charge on any atom is -0.506 e. The molecule has 1 heterocycles. The van der Waals surface area contributed by atoms with Gasteiger partial charge < -0.3 is 9.52 Å². The van der Waals surface area contributed by atoms with Crippen LogP contribution in [0, 0.1) is 5.82 Å². The first-order chi connectivity index (χ1) is 11.9. The molecule has 0 saturated heterocycles. The van der Waals surface area contributed by atoms with Crippen LogP contribution in [0.25, 0.3) is 11.0 Å². The van der Waals surface area contributed by atoms with E-state index in [2.05, 4.69) is 38.8 Å². The number of hydrogen-bond acceptors (Lipinski definition) is 3. The van der Waals surface area contributed by atoms with Gasteiger partial charge >= 0.3 is 0 Å². The molecule has 25 heavy (non-hydrogen) atoms. The molecule has 0 unspecified atom stereocenters. The fraction of sp³-hybridized carbons (Fsp3) is 0.211. The number of ketones is 1. The number of phenols is 1. The molecule has 3 aromatic rings. The number of unbranched alkanes of at least 4 members (excludes halogenated alkanes) is 1. The number of aromatic hydroxyl groups is 1. The summed E-state index contributed by atoms with van der Waals surface area (Å²) in [5.74, 6) is -0.0371. The molecule has 0 aliphatic carbocycles. The Kier molecular flexibility index (Phi) is 5.29. The number of carbonyl (C=O) groups excluding carboxylic acids is 1. The number of rotatable bonds is 5. The van der Waals surface area contributed by atoms with Crippen LogP contribution in [0.4, 0.5) is 4.39 Å². The topological polar surface area (TPSA) is 50.4 Å². The first kappa shape index (κ1) is 18.1. The molecule has 1 aromatic heterocycles. The first-order valence-electron chi connectivity index (χ1n) is 7.86. The average molecular weight is 470 g/mol. The first-order valence-corrected chi connectivity index (χ1v) is 9.44. The Bertz CT molecular complexity index is 940. The van der Waals surface area contributed by atoms with E-state index in [1.165, 1.54) is 12.1 Å². The monoisotopic (exact) mass is 468 g/mol. The van der Waals surface area contributed by atoms with Gasteiger partial charge in [-0.25, -0.2) is 4.39 Å². The van der Waals surface area contributed by atoms with Gasteiger partial charge in [0.25, 0.3) is 0 Å². The number of hydrogen-bond donors (Lipinski definition) is 1. The number of carbonyl (C=O) groups is 1. The Labute approximate surface area is 161 Å². The second-order valence-electron chi connectivity index (χ2n) is 5.76. The van der Waals surface area contributed by atoms with E-state index in [1.54, 1.807) is 18.2 Å². The van der Waals surface area contributed by atoms with Crippen LogP contribution in [0.1, 0.15) is 41.4 Å². The highest BCUT2D eigenvalue weighted by Gasteiger charge is 2.23. The Morgan fingerprint density at radius 1 is 1.20 bits per heavy atom. The molecule has 0 aliphatic rings. The highest BCUT2D eigenvalue weighted by atomic mass is 79.9. The summed E-state index contributed by atoms with van der Waals surface area (Å²) in [6, 6.07) is 7.31. The van der Waals surface area contributed by atoms with Gasteiger partial charge in [-0.15, -0.1) is 0 Å². The predicted octanol–water partition coefficient (Wildman–Crippen LogP) is 6.38. The van der Waals surface area contributed by atoms with Crippen molar-refractivity contribution >= 4 is 48.6 Å². The quantitative estimate of drug-likeness (QED) is 0.441. The van der Waals surface area contributed by atoms with E-state index in [0.29, 0.717) is 43.2 Å². The Morgan fingerprint density at radius 3 is 2.52 bits per heavy atom. The lowest BCUT2D eigenvalue weighted by molar-refractivity contribution is 0.103. The third-order valence-electron chi connectivity index (χ3n) is 3.99. The van der Waals surface area contributed by atoms with Crippen molar-refractivity contribution in [2.75, 3.05) is 0 Å². The van der Waals surface area contributed by atoms with Gasteiger partial charge in [0.15, 0.2) is 5.78 Å². The van der Waals surface area contributed by atoms with E-state index in [9.17, 15) is 14.3 Å². The molecule has 0 amide bonds. The van der Waals surface area contributed by atoms with Crippen LogP contribution in [-0.2, 0) is 6.42 Å². The van der Waals surface area contributed by atoms with Gasteiger partial charge in [-0.05, 0) is 62.5 Å². The van der Waals surface area contributed by atoms with E-state index < -0.39 is 5.82 Å². The molecule has 0 radical (unpaired) electrons. The summed E-state index contributed by atoms with van der Waals surface area (Å²) in [5, 5.41) is 10.4. The van der Waals surface area contributed by atoms with Crippen molar-refractivity contribution in [2.45, 2.75) is 26.2 Å². The van der Waals surface area contributed by atoms with E-state index in [-0.39, 0.29) is 11.5 Å². The number of aryl methyl sites for hydroxylation is 1. The maximum Gasteiger partial charge on any atom is 0.197 e. The maximum absolute atomic E-state index is 13.5. The van der Waals surface area contributed by atoms with Gasteiger partial charge in [0.2, 0.25) is 0 Å². The smallest absolute Gasteiger partial charge is 0.197 e. The van der Waals surface area contributed by atoms with Crippen LogP contribution in [0.2, 0.25) is 0 Å². The molecule has 0 fully saturated rings. The number of furan rings is 1. The van der Waals surface area contributed by atoms with Crippen molar-refractivity contribution in [2.24, 2.45) is 0 Å². The third-order valence-corrected chi connectivity index (χ3v) is 5.20.